The Morgan fingerprint density at radius 1 is 1.53 bits per heavy atom. The molecule has 0 spiro atoms. The van der Waals surface area contributed by atoms with Gasteiger partial charge in [-0.05, 0) is 6.07 Å². The molecule has 0 saturated carbocycles. The van der Waals surface area contributed by atoms with Crippen LogP contribution in [0.2, 0.25) is 0 Å². The number of hydrogen-bond acceptors (Lipinski definition) is 5. The molecule has 0 saturated heterocycles. The van der Waals surface area contributed by atoms with Gasteiger partial charge in [0.05, 0.1) is 12.5 Å². The average Bonchev–Trinajstić information content (AvgIpc) is 2.86. The standard InChI is InChI=1S/C9H13N5O/c1-10-8-11-9(13-12-8)14(2)5-7-3-4-15-6-7/h3-4,6H,5H2,1-2H3,(H2,10,11,12,13). The second-order valence-electron chi connectivity index (χ2n) is 3.23. The van der Waals surface area contributed by atoms with E-state index in [-0.39, 0.29) is 0 Å². The molecule has 2 N–H and O–H groups in total. The lowest BCUT2D eigenvalue weighted by Crippen LogP contribution is -2.17. The lowest BCUT2D eigenvalue weighted by molar-refractivity contribution is 0.563. The molecule has 0 aliphatic carbocycles. The molecule has 2 aromatic rings. The van der Waals surface area contributed by atoms with E-state index in [9.17, 15) is 0 Å². The van der Waals surface area contributed by atoms with E-state index in [1.165, 1.54) is 0 Å². The molecular weight excluding hydrogens is 194 g/mol. The molecule has 0 unspecified atom stereocenters. The molecule has 2 heterocycles. The Labute approximate surface area is 87.3 Å². The number of H-pyrrole nitrogens is 1. The van der Waals surface area contributed by atoms with Crippen LogP contribution in [-0.2, 0) is 6.54 Å². The van der Waals surface area contributed by atoms with Crippen molar-refractivity contribution in [1.29, 1.82) is 0 Å². The Balaban J connectivity index is 2.04. The van der Waals surface area contributed by atoms with E-state index < -0.39 is 0 Å². The highest BCUT2D eigenvalue weighted by Gasteiger charge is 2.07. The molecule has 6 heteroatoms. The predicted molar refractivity (Wildman–Crippen MR) is 56.7 cm³/mol. The lowest BCUT2D eigenvalue weighted by Gasteiger charge is -2.13. The van der Waals surface area contributed by atoms with Crippen molar-refractivity contribution in [2.24, 2.45) is 0 Å². The molecule has 80 valence electrons. The molecule has 2 rings (SSSR count). The van der Waals surface area contributed by atoms with Crippen LogP contribution in [0.25, 0.3) is 0 Å². The van der Waals surface area contributed by atoms with Crippen molar-refractivity contribution in [3.63, 3.8) is 0 Å². The smallest absolute Gasteiger partial charge is 0.226 e. The van der Waals surface area contributed by atoms with Crippen molar-refractivity contribution < 1.29 is 4.42 Å². The molecule has 0 amide bonds. The van der Waals surface area contributed by atoms with Crippen LogP contribution in [0.4, 0.5) is 11.9 Å². The van der Waals surface area contributed by atoms with Gasteiger partial charge in [-0.1, -0.05) is 0 Å². The summed E-state index contributed by atoms with van der Waals surface area (Å²) in [4.78, 5) is 4.99. The maximum atomic E-state index is 4.99. The number of aromatic amines is 1. The average molecular weight is 207 g/mol. The minimum atomic E-state index is 0.657. The second kappa shape index (κ2) is 4.04. The van der Waals surface area contributed by atoms with Gasteiger partial charge in [-0.25, -0.2) is 0 Å². The quantitative estimate of drug-likeness (QED) is 0.785. The van der Waals surface area contributed by atoms with E-state index in [0.29, 0.717) is 5.95 Å². The van der Waals surface area contributed by atoms with Crippen LogP contribution in [0.15, 0.2) is 23.0 Å². The zero-order valence-electron chi connectivity index (χ0n) is 8.69. The first-order valence-corrected chi connectivity index (χ1v) is 4.62. The number of hydrogen-bond donors (Lipinski definition) is 2. The van der Waals surface area contributed by atoms with Gasteiger partial charge in [-0.15, -0.1) is 10.2 Å². The Kier molecular flexibility index (Phi) is 2.57. The van der Waals surface area contributed by atoms with Gasteiger partial charge >= 0.3 is 0 Å². The highest BCUT2D eigenvalue weighted by molar-refractivity contribution is 5.35. The van der Waals surface area contributed by atoms with Crippen molar-refractivity contribution in [3.05, 3.63) is 24.2 Å². The molecule has 0 atom stereocenters. The molecule has 6 nitrogen and oxygen atoms in total. The molecule has 0 bridgehead atoms. The highest BCUT2D eigenvalue weighted by atomic mass is 16.3. The maximum absolute atomic E-state index is 4.99. The van der Waals surface area contributed by atoms with Crippen LogP contribution >= 0.6 is 0 Å². The summed E-state index contributed by atoms with van der Waals surface area (Å²) < 4.78 is 4.99. The first-order chi connectivity index (χ1) is 7.29. The third kappa shape index (κ3) is 2.09. The fourth-order valence-electron chi connectivity index (χ4n) is 1.27. The van der Waals surface area contributed by atoms with Crippen molar-refractivity contribution in [2.45, 2.75) is 6.54 Å². The molecule has 0 aliphatic heterocycles. The Morgan fingerprint density at radius 2 is 2.40 bits per heavy atom. The number of aromatic nitrogens is 3. The van der Waals surface area contributed by atoms with Gasteiger partial charge in [0.1, 0.15) is 0 Å². The summed E-state index contributed by atoms with van der Waals surface area (Å²) in [6.07, 6.45) is 3.37. The summed E-state index contributed by atoms with van der Waals surface area (Å²) in [6, 6.07) is 1.92. The summed E-state index contributed by atoms with van der Waals surface area (Å²) in [6.45, 7) is 0.731. The number of anilines is 2. The summed E-state index contributed by atoms with van der Waals surface area (Å²) in [5.74, 6) is 1.38. The molecule has 0 radical (unpaired) electrons. The van der Waals surface area contributed by atoms with Gasteiger partial charge in [-0.2, -0.15) is 0 Å². The number of furan rings is 1. The first kappa shape index (κ1) is 9.57. The van der Waals surface area contributed by atoms with Crippen molar-refractivity contribution >= 4 is 11.9 Å². The van der Waals surface area contributed by atoms with Gasteiger partial charge in [-0.3, -0.25) is 4.98 Å². The van der Waals surface area contributed by atoms with Crippen LogP contribution in [0.1, 0.15) is 5.56 Å². The number of nitrogens with zero attached hydrogens (tertiary/aromatic N) is 3. The summed E-state index contributed by atoms with van der Waals surface area (Å²) in [7, 11) is 3.73. The molecule has 2 aromatic heterocycles. The van der Waals surface area contributed by atoms with Crippen LogP contribution in [0, 0.1) is 0 Å². The predicted octanol–water partition coefficient (Wildman–Crippen LogP) is 1.08. The largest absolute Gasteiger partial charge is 0.472 e. The van der Waals surface area contributed by atoms with E-state index >= 15 is 0 Å². The molecule has 0 fully saturated rings. The number of nitrogens with one attached hydrogen (secondary N) is 2. The van der Waals surface area contributed by atoms with E-state index in [2.05, 4.69) is 20.5 Å². The summed E-state index contributed by atoms with van der Waals surface area (Å²) in [5, 5.41) is 10.8. The minimum absolute atomic E-state index is 0.657. The fourth-order valence-corrected chi connectivity index (χ4v) is 1.27. The van der Waals surface area contributed by atoms with Crippen LogP contribution < -0.4 is 10.2 Å². The zero-order valence-corrected chi connectivity index (χ0v) is 8.69. The molecule has 0 aliphatic rings. The summed E-state index contributed by atoms with van der Waals surface area (Å²) in [5.41, 5.74) is 1.10. The van der Waals surface area contributed by atoms with Gasteiger partial charge in [0, 0.05) is 26.2 Å². The Hall–Kier alpha value is -1.98. The Bertz CT molecular complexity index is 408. The maximum Gasteiger partial charge on any atom is 0.226 e. The Morgan fingerprint density at radius 3 is 3.00 bits per heavy atom. The molecular formula is C9H13N5O. The minimum Gasteiger partial charge on any atom is -0.472 e. The number of rotatable bonds is 4. The molecule has 15 heavy (non-hydrogen) atoms. The van der Waals surface area contributed by atoms with E-state index in [4.69, 9.17) is 4.42 Å². The van der Waals surface area contributed by atoms with Gasteiger partial charge < -0.3 is 14.6 Å². The van der Waals surface area contributed by atoms with Crippen molar-refractivity contribution in [3.8, 4) is 0 Å². The fraction of sp³-hybridized carbons (Fsp3) is 0.333. The first-order valence-electron chi connectivity index (χ1n) is 4.62. The monoisotopic (exact) mass is 207 g/mol. The van der Waals surface area contributed by atoms with Gasteiger partial charge in [0.25, 0.3) is 0 Å². The highest BCUT2D eigenvalue weighted by Crippen LogP contribution is 2.11. The van der Waals surface area contributed by atoms with Gasteiger partial charge in [0.2, 0.25) is 11.9 Å². The summed E-state index contributed by atoms with van der Waals surface area (Å²) >= 11 is 0. The molecule has 0 aromatic carbocycles. The van der Waals surface area contributed by atoms with Crippen molar-refractivity contribution in [1.82, 2.24) is 15.2 Å². The van der Waals surface area contributed by atoms with Crippen LogP contribution in [-0.4, -0.2) is 29.3 Å². The SMILES string of the molecule is CNc1nnc(N(C)Cc2ccoc2)[nH]1. The van der Waals surface area contributed by atoms with Crippen LogP contribution in [0.3, 0.4) is 0 Å². The third-order valence-electron chi connectivity index (χ3n) is 2.07. The lowest BCUT2D eigenvalue weighted by atomic mass is 10.3. The third-order valence-corrected chi connectivity index (χ3v) is 2.07. The normalized spacial score (nSPS) is 10.3. The van der Waals surface area contributed by atoms with Gasteiger partial charge in [0.15, 0.2) is 0 Å². The zero-order chi connectivity index (χ0) is 10.7. The second-order valence-corrected chi connectivity index (χ2v) is 3.23. The van der Waals surface area contributed by atoms with Crippen molar-refractivity contribution in [2.75, 3.05) is 24.3 Å². The van der Waals surface area contributed by atoms with E-state index in [1.807, 2.05) is 18.0 Å². The topological polar surface area (TPSA) is 70.0 Å². The van der Waals surface area contributed by atoms with E-state index in [0.717, 1.165) is 18.1 Å². The van der Waals surface area contributed by atoms with Crippen LogP contribution in [0.5, 0.6) is 0 Å². The van der Waals surface area contributed by atoms with E-state index in [1.54, 1.807) is 19.6 Å².